The van der Waals surface area contributed by atoms with Gasteiger partial charge in [0.05, 0.1) is 0 Å². The minimum absolute atomic E-state index is 0.112. The molecule has 21 heavy (non-hydrogen) atoms. The number of hydrogen-bond acceptors (Lipinski definition) is 3. The molecule has 0 radical (unpaired) electrons. The second kappa shape index (κ2) is 6.00. The van der Waals surface area contributed by atoms with Crippen LogP contribution in [0.3, 0.4) is 0 Å². The number of hydrogen-bond donors (Lipinski definition) is 0. The number of nitrogens with zero attached hydrogens (tertiary/aromatic N) is 3. The van der Waals surface area contributed by atoms with Crippen molar-refractivity contribution in [2.45, 2.75) is 20.3 Å². The fourth-order valence-electron chi connectivity index (χ4n) is 2.06. The highest BCUT2D eigenvalue weighted by Crippen LogP contribution is 2.31. The third-order valence-corrected chi connectivity index (χ3v) is 3.81. The molecule has 1 heterocycles. The molecule has 1 aromatic carbocycles. The van der Waals surface area contributed by atoms with Crippen LogP contribution >= 0.6 is 23.2 Å². The van der Waals surface area contributed by atoms with Crippen molar-refractivity contribution in [1.82, 2.24) is 14.8 Å². The largest absolute Gasteiger partial charge is 0.292 e. The van der Waals surface area contributed by atoms with Crippen LogP contribution < -0.4 is 0 Å². The number of carbonyl (C=O) groups is 1. The maximum absolute atomic E-state index is 12.6. The van der Waals surface area contributed by atoms with Gasteiger partial charge in [-0.2, -0.15) is 5.10 Å². The van der Waals surface area contributed by atoms with E-state index < -0.39 is 5.41 Å². The maximum Gasteiger partial charge on any atom is 0.186 e. The zero-order valence-corrected chi connectivity index (χ0v) is 13.3. The lowest BCUT2D eigenvalue weighted by molar-refractivity contribution is -0.121. The Bertz CT molecular complexity index is 678. The van der Waals surface area contributed by atoms with Crippen molar-refractivity contribution in [3.05, 3.63) is 53.0 Å². The van der Waals surface area contributed by atoms with Crippen LogP contribution in [0.2, 0.25) is 10.0 Å². The summed E-state index contributed by atoms with van der Waals surface area (Å²) in [6.07, 6.45) is 3.29. The number of halogens is 2. The number of benzene rings is 1. The molecule has 0 saturated heterocycles. The van der Waals surface area contributed by atoms with Crippen LogP contribution in [-0.2, 0) is 11.2 Å². The van der Waals surface area contributed by atoms with Crippen LogP contribution in [0.5, 0.6) is 0 Å². The van der Waals surface area contributed by atoms with E-state index in [2.05, 4.69) is 16.7 Å². The molecule has 0 aliphatic heterocycles. The summed E-state index contributed by atoms with van der Waals surface area (Å²) in [6.45, 7) is 7.50. The molecular weight excluding hydrogens is 309 g/mol. The topological polar surface area (TPSA) is 47.8 Å². The molecule has 4 nitrogen and oxygen atoms in total. The molecule has 2 rings (SSSR count). The Morgan fingerprint density at radius 1 is 1.38 bits per heavy atom. The summed E-state index contributed by atoms with van der Waals surface area (Å²) in [5.41, 5.74) is 0.480. The molecule has 1 aromatic heterocycles. The molecular formula is C15H15Cl2N3O. The molecule has 0 N–H and O–H groups in total. The summed E-state index contributed by atoms with van der Waals surface area (Å²) < 4.78 is 1.37. The number of Topliss-reactive ketones (excluding diaryl/α,β-unsaturated/α-hetero) is 1. The molecule has 0 spiro atoms. The van der Waals surface area contributed by atoms with Crippen LogP contribution in [0.4, 0.5) is 0 Å². The summed E-state index contributed by atoms with van der Waals surface area (Å²) in [6, 6.07) is 5.26. The number of carbonyl (C=O) groups excluding carboxylic acids is 1. The van der Waals surface area contributed by atoms with Gasteiger partial charge >= 0.3 is 0 Å². The normalized spacial score (nSPS) is 11.4. The highest BCUT2D eigenvalue weighted by atomic mass is 35.5. The lowest BCUT2D eigenvalue weighted by Gasteiger charge is -2.24. The van der Waals surface area contributed by atoms with Crippen molar-refractivity contribution >= 4 is 34.7 Å². The maximum atomic E-state index is 12.6. The highest BCUT2D eigenvalue weighted by Gasteiger charge is 2.31. The van der Waals surface area contributed by atoms with E-state index in [1.165, 1.54) is 17.3 Å². The van der Waals surface area contributed by atoms with E-state index in [0.717, 1.165) is 5.56 Å². The number of ketones is 1. The average molecular weight is 324 g/mol. The minimum atomic E-state index is -0.666. The van der Waals surface area contributed by atoms with Gasteiger partial charge in [0, 0.05) is 15.5 Å². The van der Waals surface area contributed by atoms with Crippen LogP contribution in [-0.4, -0.2) is 20.5 Å². The van der Waals surface area contributed by atoms with Crippen LogP contribution in [0, 0.1) is 5.41 Å². The molecule has 0 fully saturated rings. The van der Waals surface area contributed by atoms with Gasteiger partial charge in [0.25, 0.3) is 0 Å². The van der Waals surface area contributed by atoms with Crippen LogP contribution in [0.15, 0.2) is 37.4 Å². The molecule has 0 unspecified atom stereocenters. The van der Waals surface area contributed by atoms with E-state index in [-0.39, 0.29) is 11.5 Å². The van der Waals surface area contributed by atoms with E-state index in [1.54, 1.807) is 12.1 Å². The fourth-order valence-corrected chi connectivity index (χ4v) is 2.54. The molecule has 0 atom stereocenters. The molecule has 110 valence electrons. The number of rotatable bonds is 5. The first kappa shape index (κ1) is 15.7. The first-order valence-corrected chi connectivity index (χ1v) is 7.09. The Kier molecular flexibility index (Phi) is 4.49. The standard InChI is InChI=1S/C15H15Cl2N3O/c1-10(20-9-18-8-19-20)14(21)15(2,3)7-11-4-5-12(16)6-13(11)17/h4-6,8-9H,1,7H2,2-3H3. The SMILES string of the molecule is C=C(C(=O)C(C)(C)Cc1ccc(Cl)cc1Cl)n1cncn1. The molecule has 0 bridgehead atoms. The third-order valence-electron chi connectivity index (χ3n) is 3.22. The third kappa shape index (κ3) is 3.52. The molecule has 0 amide bonds. The highest BCUT2D eigenvalue weighted by molar-refractivity contribution is 6.35. The summed E-state index contributed by atoms with van der Waals surface area (Å²) in [4.78, 5) is 16.4. The number of allylic oxidation sites excluding steroid dienone is 1. The van der Waals surface area contributed by atoms with Gasteiger partial charge in [-0.15, -0.1) is 0 Å². The Morgan fingerprint density at radius 3 is 2.67 bits per heavy atom. The Hall–Kier alpha value is -1.65. The van der Waals surface area contributed by atoms with Crippen molar-refractivity contribution in [3.8, 4) is 0 Å². The lowest BCUT2D eigenvalue weighted by Crippen LogP contribution is -2.29. The van der Waals surface area contributed by atoms with Crippen molar-refractivity contribution in [3.63, 3.8) is 0 Å². The van der Waals surface area contributed by atoms with E-state index >= 15 is 0 Å². The van der Waals surface area contributed by atoms with Gasteiger partial charge in [-0.1, -0.05) is 49.7 Å². The van der Waals surface area contributed by atoms with Gasteiger partial charge in [0.2, 0.25) is 0 Å². The molecule has 6 heteroatoms. The Morgan fingerprint density at radius 2 is 2.10 bits per heavy atom. The van der Waals surface area contributed by atoms with E-state index in [4.69, 9.17) is 23.2 Å². The van der Waals surface area contributed by atoms with Crippen LogP contribution in [0.1, 0.15) is 19.4 Å². The monoisotopic (exact) mass is 323 g/mol. The summed E-state index contributed by atoms with van der Waals surface area (Å²) >= 11 is 12.1. The Balaban J connectivity index is 2.21. The molecule has 0 aliphatic rings. The van der Waals surface area contributed by atoms with E-state index in [9.17, 15) is 4.79 Å². The van der Waals surface area contributed by atoms with Crippen LogP contribution in [0.25, 0.3) is 5.70 Å². The van der Waals surface area contributed by atoms with Gasteiger partial charge < -0.3 is 0 Å². The van der Waals surface area contributed by atoms with Gasteiger partial charge in [0.1, 0.15) is 18.4 Å². The van der Waals surface area contributed by atoms with Gasteiger partial charge in [-0.3, -0.25) is 4.79 Å². The summed E-state index contributed by atoms with van der Waals surface area (Å²) in [5, 5.41) is 5.05. The second-order valence-electron chi connectivity index (χ2n) is 5.41. The van der Waals surface area contributed by atoms with Gasteiger partial charge in [-0.05, 0) is 24.1 Å². The Labute approximate surface area is 133 Å². The lowest BCUT2D eigenvalue weighted by atomic mass is 9.80. The quantitative estimate of drug-likeness (QED) is 0.784. The van der Waals surface area contributed by atoms with Gasteiger partial charge in [-0.25, -0.2) is 9.67 Å². The summed E-state index contributed by atoms with van der Waals surface area (Å²) in [7, 11) is 0. The van der Waals surface area contributed by atoms with Crippen molar-refractivity contribution < 1.29 is 4.79 Å². The zero-order chi connectivity index (χ0) is 15.6. The van der Waals surface area contributed by atoms with Crippen molar-refractivity contribution in [2.75, 3.05) is 0 Å². The molecule has 0 aliphatic carbocycles. The van der Waals surface area contributed by atoms with E-state index in [1.807, 2.05) is 19.9 Å². The average Bonchev–Trinajstić information content (AvgIpc) is 2.94. The smallest absolute Gasteiger partial charge is 0.186 e. The second-order valence-corrected chi connectivity index (χ2v) is 6.26. The molecule has 2 aromatic rings. The first-order chi connectivity index (χ1) is 9.81. The van der Waals surface area contributed by atoms with Crippen molar-refractivity contribution in [1.29, 1.82) is 0 Å². The van der Waals surface area contributed by atoms with Crippen molar-refractivity contribution in [2.24, 2.45) is 5.41 Å². The zero-order valence-electron chi connectivity index (χ0n) is 11.8. The molecule has 0 saturated carbocycles. The van der Waals surface area contributed by atoms with Gasteiger partial charge in [0.15, 0.2) is 5.78 Å². The minimum Gasteiger partial charge on any atom is -0.292 e. The van der Waals surface area contributed by atoms with E-state index in [0.29, 0.717) is 16.5 Å². The predicted molar refractivity (Wildman–Crippen MR) is 84.3 cm³/mol. The summed E-state index contributed by atoms with van der Waals surface area (Å²) in [5.74, 6) is -0.112. The predicted octanol–water partition coefficient (Wildman–Crippen LogP) is 3.89. The first-order valence-electron chi connectivity index (χ1n) is 6.34. The fraction of sp³-hybridized carbons (Fsp3) is 0.267. The number of aromatic nitrogens is 3.